The Balaban J connectivity index is 1.82. The fourth-order valence-corrected chi connectivity index (χ4v) is 2.62. The zero-order valence-corrected chi connectivity index (χ0v) is 11.8. The molecule has 104 valence electrons. The normalized spacial score (nSPS) is 14.5. The molecule has 1 aliphatic heterocycles. The average Bonchev–Trinajstić information content (AvgIpc) is 2.89. The molecule has 0 saturated carbocycles. The van der Waals surface area contributed by atoms with E-state index in [1.54, 1.807) is 6.07 Å². The number of aryl methyl sites for hydroxylation is 1. The summed E-state index contributed by atoms with van der Waals surface area (Å²) in [5.41, 5.74) is 4.37. The lowest BCUT2D eigenvalue weighted by Gasteiger charge is -2.18. The molecule has 0 amide bonds. The molecule has 3 nitrogen and oxygen atoms in total. The molecule has 1 unspecified atom stereocenters. The summed E-state index contributed by atoms with van der Waals surface area (Å²) in [5.74, 6) is 1.32. The first-order chi connectivity index (χ1) is 9.63. The van der Waals surface area contributed by atoms with Crippen LogP contribution < -0.4 is 10.1 Å². The van der Waals surface area contributed by atoms with E-state index in [1.165, 1.54) is 5.56 Å². The van der Waals surface area contributed by atoms with Crippen molar-refractivity contribution < 1.29 is 9.84 Å². The lowest BCUT2D eigenvalue weighted by molar-refractivity contribution is 0.357. The predicted molar refractivity (Wildman–Crippen MR) is 80.5 cm³/mol. The van der Waals surface area contributed by atoms with Gasteiger partial charge in [-0.3, -0.25) is 0 Å². The van der Waals surface area contributed by atoms with Gasteiger partial charge in [0.15, 0.2) is 0 Å². The number of aromatic hydroxyl groups is 1. The van der Waals surface area contributed by atoms with E-state index in [4.69, 9.17) is 4.74 Å². The van der Waals surface area contributed by atoms with Crippen LogP contribution in [-0.2, 0) is 6.42 Å². The van der Waals surface area contributed by atoms with Crippen molar-refractivity contribution in [2.45, 2.75) is 26.3 Å². The molecule has 0 saturated heterocycles. The van der Waals surface area contributed by atoms with E-state index < -0.39 is 0 Å². The first-order valence-electron chi connectivity index (χ1n) is 6.95. The van der Waals surface area contributed by atoms with Crippen LogP contribution in [0.3, 0.4) is 0 Å². The Morgan fingerprint density at radius 2 is 2.05 bits per heavy atom. The van der Waals surface area contributed by atoms with E-state index in [9.17, 15) is 5.11 Å². The third kappa shape index (κ3) is 2.44. The molecule has 20 heavy (non-hydrogen) atoms. The van der Waals surface area contributed by atoms with Crippen LogP contribution in [0.4, 0.5) is 5.69 Å². The van der Waals surface area contributed by atoms with Gasteiger partial charge in [0.25, 0.3) is 0 Å². The van der Waals surface area contributed by atoms with Crippen molar-refractivity contribution in [3.63, 3.8) is 0 Å². The SMILES string of the molecule is Cc1ccc(O)c(C(C)Nc2ccc3c(c2)CCO3)c1. The second-order valence-electron chi connectivity index (χ2n) is 5.35. The van der Waals surface area contributed by atoms with Crippen LogP contribution in [0.25, 0.3) is 0 Å². The van der Waals surface area contributed by atoms with Crippen molar-refractivity contribution in [2.24, 2.45) is 0 Å². The Bertz CT molecular complexity index is 637. The predicted octanol–water partition coefficient (Wildman–Crippen LogP) is 3.81. The van der Waals surface area contributed by atoms with Crippen molar-refractivity contribution in [3.8, 4) is 11.5 Å². The highest BCUT2D eigenvalue weighted by atomic mass is 16.5. The number of rotatable bonds is 3. The van der Waals surface area contributed by atoms with Gasteiger partial charge in [0.1, 0.15) is 11.5 Å². The first-order valence-corrected chi connectivity index (χ1v) is 6.95. The van der Waals surface area contributed by atoms with E-state index >= 15 is 0 Å². The molecule has 0 radical (unpaired) electrons. The summed E-state index contributed by atoms with van der Waals surface area (Å²) in [7, 11) is 0. The number of ether oxygens (including phenoxy) is 1. The molecule has 1 heterocycles. The number of nitrogens with one attached hydrogen (secondary N) is 1. The minimum Gasteiger partial charge on any atom is -0.508 e. The number of phenols is 1. The summed E-state index contributed by atoms with van der Waals surface area (Å²) in [6, 6.07) is 11.9. The third-order valence-corrected chi connectivity index (χ3v) is 3.72. The van der Waals surface area contributed by atoms with Crippen molar-refractivity contribution in [3.05, 3.63) is 53.1 Å². The largest absolute Gasteiger partial charge is 0.508 e. The van der Waals surface area contributed by atoms with E-state index in [-0.39, 0.29) is 6.04 Å². The number of hydrogen-bond donors (Lipinski definition) is 2. The molecular weight excluding hydrogens is 250 g/mol. The summed E-state index contributed by atoms with van der Waals surface area (Å²) >= 11 is 0. The highest BCUT2D eigenvalue weighted by Gasteiger charge is 2.14. The van der Waals surface area contributed by atoms with Crippen molar-refractivity contribution >= 4 is 5.69 Å². The molecule has 0 fully saturated rings. The lowest BCUT2D eigenvalue weighted by atomic mass is 10.0. The van der Waals surface area contributed by atoms with E-state index in [1.807, 2.05) is 31.2 Å². The molecule has 2 N–H and O–H groups in total. The zero-order chi connectivity index (χ0) is 14.1. The third-order valence-electron chi connectivity index (χ3n) is 3.72. The Labute approximate surface area is 119 Å². The van der Waals surface area contributed by atoms with Gasteiger partial charge in [0, 0.05) is 17.7 Å². The number of phenolic OH excluding ortho intramolecular Hbond substituents is 1. The molecule has 0 aromatic heterocycles. The molecule has 3 heteroatoms. The molecule has 1 atom stereocenters. The lowest BCUT2D eigenvalue weighted by Crippen LogP contribution is -2.07. The molecule has 2 aromatic rings. The highest BCUT2D eigenvalue weighted by molar-refractivity contribution is 5.54. The molecular formula is C17H19NO2. The number of anilines is 1. The number of hydrogen-bond acceptors (Lipinski definition) is 3. The van der Waals surface area contributed by atoms with Gasteiger partial charge >= 0.3 is 0 Å². The Morgan fingerprint density at radius 3 is 2.90 bits per heavy atom. The second-order valence-corrected chi connectivity index (χ2v) is 5.35. The number of fused-ring (bicyclic) bond motifs is 1. The quantitative estimate of drug-likeness (QED) is 0.890. The van der Waals surface area contributed by atoms with Gasteiger partial charge in [-0.2, -0.15) is 0 Å². The van der Waals surface area contributed by atoms with E-state index in [2.05, 4.69) is 18.3 Å². The van der Waals surface area contributed by atoms with Gasteiger partial charge in [-0.05, 0) is 43.7 Å². The van der Waals surface area contributed by atoms with Crippen LogP contribution >= 0.6 is 0 Å². The molecule has 2 aromatic carbocycles. The fraction of sp³-hybridized carbons (Fsp3) is 0.294. The summed E-state index contributed by atoms with van der Waals surface area (Å²) in [4.78, 5) is 0. The van der Waals surface area contributed by atoms with Gasteiger partial charge < -0.3 is 15.2 Å². The number of benzene rings is 2. The van der Waals surface area contributed by atoms with Crippen LogP contribution in [0.1, 0.15) is 29.7 Å². The monoisotopic (exact) mass is 269 g/mol. The molecule has 0 bridgehead atoms. The van der Waals surface area contributed by atoms with E-state index in [0.29, 0.717) is 5.75 Å². The van der Waals surface area contributed by atoms with Crippen LogP contribution in [0.5, 0.6) is 11.5 Å². The van der Waals surface area contributed by atoms with Gasteiger partial charge in [-0.1, -0.05) is 17.7 Å². The molecule has 0 spiro atoms. The van der Waals surface area contributed by atoms with Crippen LogP contribution in [0, 0.1) is 6.92 Å². The maximum absolute atomic E-state index is 9.98. The highest BCUT2D eigenvalue weighted by Crippen LogP contribution is 2.31. The van der Waals surface area contributed by atoms with Crippen molar-refractivity contribution in [2.75, 3.05) is 11.9 Å². The Hall–Kier alpha value is -2.16. The summed E-state index contributed by atoms with van der Waals surface area (Å²) in [5, 5.41) is 13.4. The summed E-state index contributed by atoms with van der Waals surface area (Å²) in [6.07, 6.45) is 0.967. The van der Waals surface area contributed by atoms with Crippen LogP contribution in [-0.4, -0.2) is 11.7 Å². The Kier molecular flexibility index (Phi) is 3.26. The minimum atomic E-state index is 0.0512. The second kappa shape index (κ2) is 5.08. The maximum Gasteiger partial charge on any atom is 0.122 e. The van der Waals surface area contributed by atoms with Crippen LogP contribution in [0.2, 0.25) is 0 Å². The van der Waals surface area contributed by atoms with Gasteiger partial charge in [-0.25, -0.2) is 0 Å². The summed E-state index contributed by atoms with van der Waals surface area (Å²) in [6.45, 7) is 4.85. The fourth-order valence-electron chi connectivity index (χ4n) is 2.62. The van der Waals surface area contributed by atoms with E-state index in [0.717, 1.165) is 35.6 Å². The first kappa shape index (κ1) is 12.9. The van der Waals surface area contributed by atoms with Gasteiger partial charge in [0.05, 0.1) is 12.6 Å². The molecule has 0 aliphatic carbocycles. The zero-order valence-electron chi connectivity index (χ0n) is 11.8. The summed E-state index contributed by atoms with van der Waals surface area (Å²) < 4.78 is 5.51. The van der Waals surface area contributed by atoms with Crippen LogP contribution in [0.15, 0.2) is 36.4 Å². The Morgan fingerprint density at radius 1 is 1.20 bits per heavy atom. The van der Waals surface area contributed by atoms with Gasteiger partial charge in [0.2, 0.25) is 0 Å². The maximum atomic E-state index is 9.98. The van der Waals surface area contributed by atoms with Gasteiger partial charge in [-0.15, -0.1) is 0 Å². The topological polar surface area (TPSA) is 41.5 Å². The van der Waals surface area contributed by atoms with Crippen molar-refractivity contribution in [1.29, 1.82) is 0 Å². The molecule has 3 rings (SSSR count). The van der Waals surface area contributed by atoms with Crippen molar-refractivity contribution in [1.82, 2.24) is 0 Å². The minimum absolute atomic E-state index is 0.0512. The average molecular weight is 269 g/mol. The standard InChI is InChI=1S/C17H19NO2/c1-11-3-5-16(19)15(9-11)12(2)18-14-4-6-17-13(10-14)7-8-20-17/h3-6,9-10,12,18-19H,7-8H2,1-2H3. The smallest absolute Gasteiger partial charge is 0.122 e. The molecule has 1 aliphatic rings.